The number of carboxylic acid groups (broad SMARTS) is 1. The van der Waals surface area contributed by atoms with Gasteiger partial charge in [0, 0.05) is 12.0 Å². The van der Waals surface area contributed by atoms with E-state index >= 15 is 0 Å². The first-order valence-corrected chi connectivity index (χ1v) is 6.61. The Bertz CT molecular complexity index is 494. The largest absolute Gasteiger partial charge is 0.492 e. The second-order valence-corrected chi connectivity index (χ2v) is 5.12. The van der Waals surface area contributed by atoms with Gasteiger partial charge >= 0.3 is 5.97 Å². The average molecular weight is 283 g/mol. The number of carboxylic acids is 1. The molecule has 1 fully saturated rings. The molecule has 0 atom stereocenters. The van der Waals surface area contributed by atoms with E-state index in [1.807, 2.05) is 0 Å². The summed E-state index contributed by atoms with van der Waals surface area (Å²) >= 11 is 6.05. The molecule has 1 aromatic rings. The maximum absolute atomic E-state index is 11.7. The van der Waals surface area contributed by atoms with Gasteiger partial charge in [0.15, 0.2) is 5.78 Å². The molecule has 5 heteroatoms. The van der Waals surface area contributed by atoms with Crippen LogP contribution in [-0.2, 0) is 4.79 Å². The predicted octanol–water partition coefficient (Wildman–Crippen LogP) is 3.18. The summed E-state index contributed by atoms with van der Waals surface area (Å²) in [4.78, 5) is 22.1. The van der Waals surface area contributed by atoms with Crippen molar-refractivity contribution in [1.82, 2.24) is 0 Å². The highest BCUT2D eigenvalue weighted by atomic mass is 35.5. The SMILES string of the molecule is O=C(O)CCC(=O)c1ccc(OCC2CC2)c(Cl)c1. The fraction of sp³-hybridized carbons (Fsp3) is 0.429. The van der Waals surface area contributed by atoms with Crippen LogP contribution in [0.15, 0.2) is 18.2 Å². The fourth-order valence-corrected chi connectivity index (χ4v) is 1.88. The number of ketones is 1. The minimum atomic E-state index is -0.983. The van der Waals surface area contributed by atoms with Gasteiger partial charge in [-0.15, -0.1) is 0 Å². The number of rotatable bonds is 7. The van der Waals surface area contributed by atoms with E-state index in [1.165, 1.54) is 18.9 Å². The number of halogens is 1. The molecule has 0 radical (unpaired) electrons. The van der Waals surface area contributed by atoms with Crippen molar-refractivity contribution >= 4 is 23.4 Å². The third-order valence-corrected chi connectivity index (χ3v) is 3.29. The highest BCUT2D eigenvalue weighted by Crippen LogP contribution is 2.32. The van der Waals surface area contributed by atoms with E-state index in [2.05, 4.69) is 0 Å². The summed E-state index contributed by atoms with van der Waals surface area (Å²) in [5, 5.41) is 8.93. The molecule has 0 bridgehead atoms. The highest BCUT2D eigenvalue weighted by Gasteiger charge is 2.22. The quantitative estimate of drug-likeness (QED) is 0.780. The first-order valence-electron chi connectivity index (χ1n) is 6.23. The summed E-state index contributed by atoms with van der Waals surface area (Å²) in [7, 11) is 0. The Labute approximate surface area is 116 Å². The average Bonchev–Trinajstić information content (AvgIpc) is 3.18. The van der Waals surface area contributed by atoms with Crippen LogP contribution in [0.1, 0.15) is 36.0 Å². The second kappa shape index (κ2) is 6.06. The van der Waals surface area contributed by atoms with Gasteiger partial charge in [-0.2, -0.15) is 0 Å². The molecule has 0 aliphatic heterocycles. The minimum Gasteiger partial charge on any atom is -0.492 e. The number of aliphatic carboxylic acids is 1. The maximum atomic E-state index is 11.7. The Morgan fingerprint density at radius 3 is 2.63 bits per heavy atom. The van der Waals surface area contributed by atoms with Crippen molar-refractivity contribution in [3.05, 3.63) is 28.8 Å². The first-order chi connectivity index (χ1) is 9.06. The molecule has 102 valence electrons. The van der Waals surface area contributed by atoms with Gasteiger partial charge in [0.25, 0.3) is 0 Å². The number of hydrogen-bond acceptors (Lipinski definition) is 3. The highest BCUT2D eigenvalue weighted by molar-refractivity contribution is 6.32. The van der Waals surface area contributed by atoms with E-state index < -0.39 is 5.97 Å². The normalized spacial score (nSPS) is 14.2. The van der Waals surface area contributed by atoms with Crippen LogP contribution in [0, 0.1) is 5.92 Å². The van der Waals surface area contributed by atoms with Gasteiger partial charge in [-0.25, -0.2) is 0 Å². The zero-order valence-electron chi connectivity index (χ0n) is 10.4. The van der Waals surface area contributed by atoms with Gasteiger partial charge in [0.05, 0.1) is 18.1 Å². The molecular weight excluding hydrogens is 268 g/mol. The molecule has 1 saturated carbocycles. The molecule has 0 heterocycles. The summed E-state index contributed by atoms with van der Waals surface area (Å²) in [5.41, 5.74) is 0.421. The van der Waals surface area contributed by atoms with Crippen molar-refractivity contribution in [2.75, 3.05) is 6.61 Å². The van der Waals surface area contributed by atoms with E-state index in [9.17, 15) is 9.59 Å². The molecule has 0 amide bonds. The zero-order valence-corrected chi connectivity index (χ0v) is 11.2. The van der Waals surface area contributed by atoms with Crippen molar-refractivity contribution in [3.8, 4) is 5.75 Å². The Morgan fingerprint density at radius 2 is 2.05 bits per heavy atom. The molecule has 0 spiro atoms. The Kier molecular flexibility index (Phi) is 4.43. The van der Waals surface area contributed by atoms with Crippen LogP contribution in [-0.4, -0.2) is 23.5 Å². The maximum Gasteiger partial charge on any atom is 0.303 e. The molecule has 0 saturated heterocycles. The monoisotopic (exact) mass is 282 g/mol. The lowest BCUT2D eigenvalue weighted by atomic mass is 10.1. The number of carbonyl (C=O) groups is 2. The van der Waals surface area contributed by atoms with Crippen molar-refractivity contribution < 1.29 is 19.4 Å². The lowest BCUT2D eigenvalue weighted by molar-refractivity contribution is -0.136. The van der Waals surface area contributed by atoms with Crippen LogP contribution in [0.4, 0.5) is 0 Å². The van der Waals surface area contributed by atoms with Crippen LogP contribution < -0.4 is 4.74 Å². The summed E-state index contributed by atoms with van der Waals surface area (Å²) < 4.78 is 5.56. The predicted molar refractivity (Wildman–Crippen MR) is 70.9 cm³/mol. The van der Waals surface area contributed by atoms with Gasteiger partial charge in [-0.1, -0.05) is 11.6 Å². The minimum absolute atomic E-state index is 0.0199. The lowest BCUT2D eigenvalue weighted by Crippen LogP contribution is -2.04. The van der Waals surface area contributed by atoms with Gasteiger partial charge in [-0.3, -0.25) is 9.59 Å². The van der Waals surface area contributed by atoms with Gasteiger partial charge in [-0.05, 0) is 37.0 Å². The molecule has 0 aromatic heterocycles. The molecule has 4 nitrogen and oxygen atoms in total. The fourth-order valence-electron chi connectivity index (χ4n) is 1.65. The number of benzene rings is 1. The van der Waals surface area contributed by atoms with Crippen molar-refractivity contribution in [3.63, 3.8) is 0 Å². The van der Waals surface area contributed by atoms with Crippen LogP contribution in [0.5, 0.6) is 5.75 Å². The summed E-state index contributed by atoms with van der Waals surface area (Å²) in [6.07, 6.45) is 2.21. The number of ether oxygens (including phenoxy) is 1. The standard InChI is InChI=1S/C14H15ClO4/c15-11-7-10(12(16)4-6-14(17)18)3-5-13(11)19-8-9-1-2-9/h3,5,7,9H,1-2,4,6,8H2,(H,17,18). The van der Waals surface area contributed by atoms with Crippen molar-refractivity contribution in [2.45, 2.75) is 25.7 Å². The second-order valence-electron chi connectivity index (χ2n) is 4.72. The number of hydrogen-bond donors (Lipinski definition) is 1. The van der Waals surface area contributed by atoms with Crippen LogP contribution in [0.3, 0.4) is 0 Å². The molecule has 1 aliphatic carbocycles. The van der Waals surface area contributed by atoms with E-state index in [-0.39, 0.29) is 18.6 Å². The number of carbonyl (C=O) groups excluding carboxylic acids is 1. The van der Waals surface area contributed by atoms with Crippen LogP contribution in [0.2, 0.25) is 5.02 Å². The molecule has 19 heavy (non-hydrogen) atoms. The lowest BCUT2D eigenvalue weighted by Gasteiger charge is -2.08. The van der Waals surface area contributed by atoms with Crippen LogP contribution in [0.25, 0.3) is 0 Å². The Balaban J connectivity index is 1.96. The van der Waals surface area contributed by atoms with Crippen molar-refractivity contribution in [2.24, 2.45) is 5.92 Å². The van der Waals surface area contributed by atoms with Gasteiger partial charge in [0.1, 0.15) is 5.75 Å². The van der Waals surface area contributed by atoms with E-state index in [0.717, 1.165) is 0 Å². The molecule has 1 aromatic carbocycles. The summed E-state index contributed by atoms with van der Waals surface area (Å²) in [6.45, 7) is 0.659. The van der Waals surface area contributed by atoms with E-state index in [1.54, 1.807) is 12.1 Å². The molecule has 1 N–H and O–H groups in total. The summed E-state index contributed by atoms with van der Waals surface area (Å²) in [6, 6.07) is 4.82. The molecule has 1 aliphatic rings. The Hall–Kier alpha value is -1.55. The topological polar surface area (TPSA) is 63.6 Å². The van der Waals surface area contributed by atoms with Gasteiger partial charge in [0.2, 0.25) is 0 Å². The molecule has 2 rings (SSSR count). The van der Waals surface area contributed by atoms with Crippen LogP contribution >= 0.6 is 11.6 Å². The smallest absolute Gasteiger partial charge is 0.303 e. The molecular formula is C14H15ClO4. The zero-order chi connectivity index (χ0) is 13.8. The number of Topliss-reactive ketones (excluding diaryl/α,β-unsaturated/α-hetero) is 1. The first kappa shape index (κ1) is 13.9. The van der Waals surface area contributed by atoms with Crippen molar-refractivity contribution in [1.29, 1.82) is 0 Å². The van der Waals surface area contributed by atoms with E-state index in [4.69, 9.17) is 21.4 Å². The third kappa shape index (κ3) is 4.24. The van der Waals surface area contributed by atoms with E-state index in [0.29, 0.717) is 28.9 Å². The Morgan fingerprint density at radius 1 is 1.32 bits per heavy atom. The summed E-state index contributed by atoms with van der Waals surface area (Å²) in [5.74, 6) is -0.00169. The third-order valence-electron chi connectivity index (χ3n) is 2.99. The molecule has 0 unspecified atom stereocenters. The van der Waals surface area contributed by atoms with Gasteiger partial charge < -0.3 is 9.84 Å².